The van der Waals surface area contributed by atoms with Gasteiger partial charge in [-0.05, 0) is 30.4 Å². The molecule has 0 fully saturated rings. The van der Waals surface area contributed by atoms with E-state index in [4.69, 9.17) is 5.26 Å². The summed E-state index contributed by atoms with van der Waals surface area (Å²) in [6.07, 6.45) is 2.59. The lowest BCUT2D eigenvalue weighted by Crippen LogP contribution is -2.31. The number of hydrogen-bond donors (Lipinski definition) is 0. The van der Waals surface area contributed by atoms with Crippen molar-refractivity contribution in [2.24, 2.45) is 5.92 Å². The SMILES string of the molecule is CCC(C#N)C(=O)N(C)Cc1ccc(SC)cc1. The molecule has 4 heteroatoms. The Hall–Kier alpha value is -1.47. The van der Waals surface area contributed by atoms with E-state index in [-0.39, 0.29) is 5.91 Å². The topological polar surface area (TPSA) is 44.1 Å². The second-order valence-electron chi connectivity index (χ2n) is 4.13. The number of carbonyl (C=O) groups is 1. The Morgan fingerprint density at radius 3 is 2.50 bits per heavy atom. The van der Waals surface area contributed by atoms with Crippen molar-refractivity contribution in [1.82, 2.24) is 4.90 Å². The van der Waals surface area contributed by atoms with Crippen molar-refractivity contribution in [3.05, 3.63) is 29.8 Å². The zero-order valence-corrected chi connectivity index (χ0v) is 11.8. The van der Waals surface area contributed by atoms with Gasteiger partial charge in [0, 0.05) is 18.5 Å². The van der Waals surface area contributed by atoms with Crippen molar-refractivity contribution in [2.45, 2.75) is 24.8 Å². The summed E-state index contributed by atoms with van der Waals surface area (Å²) in [5.41, 5.74) is 1.08. The van der Waals surface area contributed by atoms with E-state index in [0.717, 1.165) is 5.56 Å². The molecule has 18 heavy (non-hydrogen) atoms. The van der Waals surface area contributed by atoms with Crippen molar-refractivity contribution < 1.29 is 4.79 Å². The van der Waals surface area contributed by atoms with E-state index in [1.165, 1.54) is 4.90 Å². The minimum atomic E-state index is -0.527. The fourth-order valence-corrected chi connectivity index (χ4v) is 2.08. The third-order valence-corrected chi connectivity index (χ3v) is 3.56. The van der Waals surface area contributed by atoms with Crippen LogP contribution in [0.25, 0.3) is 0 Å². The van der Waals surface area contributed by atoms with Gasteiger partial charge >= 0.3 is 0 Å². The second-order valence-corrected chi connectivity index (χ2v) is 5.01. The highest BCUT2D eigenvalue weighted by atomic mass is 32.2. The Bertz CT molecular complexity index is 436. The second kappa shape index (κ2) is 7.07. The lowest BCUT2D eigenvalue weighted by molar-refractivity contribution is -0.133. The summed E-state index contributed by atoms with van der Waals surface area (Å²) in [7, 11) is 1.74. The standard InChI is InChI=1S/C14H18N2OS/c1-4-12(9-15)14(17)16(2)10-11-5-7-13(18-3)8-6-11/h5-8,12H,4,10H2,1-3H3. The van der Waals surface area contributed by atoms with Gasteiger partial charge in [-0.2, -0.15) is 5.26 Å². The summed E-state index contributed by atoms with van der Waals surface area (Å²) in [4.78, 5) is 14.8. The molecule has 1 atom stereocenters. The molecule has 0 aliphatic heterocycles. The molecule has 0 aliphatic carbocycles. The summed E-state index contributed by atoms with van der Waals surface area (Å²) in [5.74, 6) is -0.630. The average Bonchev–Trinajstić information content (AvgIpc) is 2.40. The van der Waals surface area contributed by atoms with Crippen molar-refractivity contribution in [3.63, 3.8) is 0 Å². The molecule has 0 heterocycles. The lowest BCUT2D eigenvalue weighted by Gasteiger charge is -2.19. The monoisotopic (exact) mass is 262 g/mol. The first kappa shape index (κ1) is 14.6. The van der Waals surface area contributed by atoms with Crippen molar-refractivity contribution in [2.75, 3.05) is 13.3 Å². The van der Waals surface area contributed by atoms with Crippen LogP contribution in [-0.2, 0) is 11.3 Å². The van der Waals surface area contributed by atoms with Crippen LogP contribution in [-0.4, -0.2) is 24.1 Å². The van der Waals surface area contributed by atoms with Gasteiger partial charge in [0.25, 0.3) is 0 Å². The smallest absolute Gasteiger partial charge is 0.239 e. The number of rotatable bonds is 5. The van der Waals surface area contributed by atoms with E-state index in [1.54, 1.807) is 23.7 Å². The van der Waals surface area contributed by atoms with E-state index >= 15 is 0 Å². The van der Waals surface area contributed by atoms with Crippen LogP contribution in [0.3, 0.4) is 0 Å². The number of benzene rings is 1. The molecular formula is C14H18N2OS. The molecule has 0 aromatic heterocycles. The van der Waals surface area contributed by atoms with Gasteiger partial charge in [-0.25, -0.2) is 0 Å². The minimum Gasteiger partial charge on any atom is -0.340 e. The molecule has 0 saturated heterocycles. The molecule has 0 bridgehead atoms. The molecule has 0 aliphatic rings. The number of thioether (sulfide) groups is 1. The van der Waals surface area contributed by atoms with Gasteiger partial charge < -0.3 is 4.90 Å². The third kappa shape index (κ3) is 3.78. The molecule has 0 spiro atoms. The zero-order chi connectivity index (χ0) is 13.5. The first-order valence-electron chi connectivity index (χ1n) is 5.89. The van der Waals surface area contributed by atoms with Gasteiger partial charge in [0.15, 0.2) is 0 Å². The molecule has 3 nitrogen and oxygen atoms in total. The normalized spacial score (nSPS) is 11.7. The van der Waals surface area contributed by atoms with Crippen LogP contribution in [0.5, 0.6) is 0 Å². The largest absolute Gasteiger partial charge is 0.340 e. The molecule has 1 aromatic rings. The fourth-order valence-electron chi connectivity index (χ4n) is 1.67. The summed E-state index contributed by atoms with van der Waals surface area (Å²) in [6, 6.07) is 10.2. The van der Waals surface area contributed by atoms with Crippen LogP contribution >= 0.6 is 11.8 Å². The first-order valence-corrected chi connectivity index (χ1v) is 7.12. The Balaban J connectivity index is 2.66. The van der Waals surface area contributed by atoms with Gasteiger partial charge in [0.1, 0.15) is 5.92 Å². The van der Waals surface area contributed by atoms with Gasteiger partial charge in [0.05, 0.1) is 6.07 Å². The van der Waals surface area contributed by atoms with Crippen molar-refractivity contribution in [1.29, 1.82) is 5.26 Å². The van der Waals surface area contributed by atoms with Gasteiger partial charge in [0.2, 0.25) is 5.91 Å². The Morgan fingerprint density at radius 1 is 1.44 bits per heavy atom. The number of carbonyl (C=O) groups excluding carboxylic acids is 1. The minimum absolute atomic E-state index is 0.103. The van der Waals surface area contributed by atoms with E-state index in [2.05, 4.69) is 0 Å². The summed E-state index contributed by atoms with van der Waals surface area (Å²) < 4.78 is 0. The van der Waals surface area contributed by atoms with Crippen LogP contribution in [0.15, 0.2) is 29.2 Å². The number of hydrogen-bond acceptors (Lipinski definition) is 3. The Morgan fingerprint density at radius 2 is 2.06 bits per heavy atom. The van der Waals surface area contributed by atoms with Gasteiger partial charge in [-0.1, -0.05) is 19.1 Å². The van der Waals surface area contributed by atoms with Crippen LogP contribution in [0, 0.1) is 17.2 Å². The van der Waals surface area contributed by atoms with Gasteiger partial charge in [-0.15, -0.1) is 11.8 Å². The fraction of sp³-hybridized carbons (Fsp3) is 0.429. The van der Waals surface area contributed by atoms with E-state index < -0.39 is 5.92 Å². The maximum Gasteiger partial charge on any atom is 0.239 e. The average molecular weight is 262 g/mol. The summed E-state index contributed by atoms with van der Waals surface area (Å²) >= 11 is 1.69. The molecule has 1 aromatic carbocycles. The zero-order valence-electron chi connectivity index (χ0n) is 11.0. The van der Waals surface area contributed by atoms with Crippen molar-refractivity contribution in [3.8, 4) is 6.07 Å². The van der Waals surface area contributed by atoms with E-state index in [0.29, 0.717) is 13.0 Å². The highest BCUT2D eigenvalue weighted by Gasteiger charge is 2.19. The van der Waals surface area contributed by atoms with Crippen LogP contribution < -0.4 is 0 Å². The molecule has 0 saturated carbocycles. The number of nitrogens with zero attached hydrogens (tertiary/aromatic N) is 2. The molecule has 1 unspecified atom stereocenters. The van der Waals surface area contributed by atoms with Crippen LogP contribution in [0.2, 0.25) is 0 Å². The number of amides is 1. The summed E-state index contributed by atoms with van der Waals surface area (Å²) in [5, 5.41) is 8.88. The molecular weight excluding hydrogens is 244 g/mol. The molecule has 0 N–H and O–H groups in total. The quantitative estimate of drug-likeness (QED) is 0.766. The van der Waals surface area contributed by atoms with Crippen LogP contribution in [0.4, 0.5) is 0 Å². The summed E-state index contributed by atoms with van der Waals surface area (Å²) in [6.45, 7) is 2.40. The van der Waals surface area contributed by atoms with Crippen LogP contribution in [0.1, 0.15) is 18.9 Å². The van der Waals surface area contributed by atoms with E-state index in [1.807, 2.05) is 43.5 Å². The molecule has 1 amide bonds. The Labute approximate surface area is 113 Å². The highest BCUT2D eigenvalue weighted by Crippen LogP contribution is 2.16. The molecule has 96 valence electrons. The highest BCUT2D eigenvalue weighted by molar-refractivity contribution is 7.98. The predicted molar refractivity (Wildman–Crippen MR) is 74.1 cm³/mol. The first-order chi connectivity index (χ1) is 8.62. The molecule has 0 radical (unpaired) electrons. The number of nitriles is 1. The van der Waals surface area contributed by atoms with E-state index in [9.17, 15) is 4.79 Å². The Kier molecular flexibility index (Phi) is 5.73. The third-order valence-electron chi connectivity index (χ3n) is 2.82. The molecule has 1 rings (SSSR count). The maximum atomic E-state index is 11.9. The lowest BCUT2D eigenvalue weighted by atomic mass is 10.1. The maximum absolute atomic E-state index is 11.9. The predicted octanol–water partition coefficient (Wildman–Crippen LogP) is 2.92. The van der Waals surface area contributed by atoms with Gasteiger partial charge in [-0.3, -0.25) is 4.79 Å². The van der Waals surface area contributed by atoms with Crippen molar-refractivity contribution >= 4 is 17.7 Å².